The lowest BCUT2D eigenvalue weighted by Gasteiger charge is -2.10. The van der Waals surface area contributed by atoms with Gasteiger partial charge in [-0.25, -0.2) is 9.37 Å². The first-order valence-electron chi connectivity index (χ1n) is 9.24. The van der Waals surface area contributed by atoms with Gasteiger partial charge in [0.25, 0.3) is 11.8 Å². The van der Waals surface area contributed by atoms with Gasteiger partial charge in [0.2, 0.25) is 0 Å². The summed E-state index contributed by atoms with van der Waals surface area (Å²) < 4.78 is 18.6. The number of carbonyl (C=O) groups is 1. The monoisotopic (exact) mass is 403 g/mol. The van der Waals surface area contributed by atoms with Crippen molar-refractivity contribution in [2.45, 2.75) is 13.5 Å². The van der Waals surface area contributed by atoms with Crippen molar-refractivity contribution in [1.29, 1.82) is 0 Å². The van der Waals surface area contributed by atoms with Crippen LogP contribution in [0.1, 0.15) is 21.7 Å². The third kappa shape index (κ3) is 4.49. The van der Waals surface area contributed by atoms with Gasteiger partial charge in [0.1, 0.15) is 11.6 Å². The van der Waals surface area contributed by atoms with E-state index in [2.05, 4.69) is 25.8 Å². The number of hydrogen-bond acceptors (Lipinski definition) is 6. The Labute approximate surface area is 172 Å². The molecule has 0 saturated carbocycles. The molecule has 0 aliphatic rings. The highest BCUT2D eigenvalue weighted by atomic mass is 19.1. The zero-order chi connectivity index (χ0) is 20.9. The van der Waals surface area contributed by atoms with Crippen LogP contribution in [0.4, 0.5) is 15.9 Å². The molecule has 2 aromatic carbocycles. The summed E-state index contributed by atoms with van der Waals surface area (Å²) in [6, 6.07) is 16.6. The molecule has 0 unspecified atom stereocenters. The number of carbonyl (C=O) groups excluding carboxylic acids is 1. The van der Waals surface area contributed by atoms with E-state index in [1.54, 1.807) is 31.3 Å². The summed E-state index contributed by atoms with van der Waals surface area (Å²) in [4.78, 5) is 20.9. The Morgan fingerprint density at radius 3 is 2.77 bits per heavy atom. The normalized spacial score (nSPS) is 10.6. The molecule has 7 nitrogen and oxygen atoms in total. The summed E-state index contributed by atoms with van der Waals surface area (Å²) in [6.07, 6.45) is 1.67. The van der Waals surface area contributed by atoms with E-state index in [0.29, 0.717) is 35.3 Å². The lowest BCUT2D eigenvalue weighted by atomic mass is 10.1. The molecule has 0 atom stereocenters. The maximum Gasteiger partial charge on any atom is 0.261 e. The number of aryl methyl sites for hydroxylation is 1. The molecule has 2 N–H and O–H groups in total. The number of benzene rings is 2. The van der Waals surface area contributed by atoms with E-state index in [0.717, 1.165) is 5.56 Å². The van der Waals surface area contributed by atoms with Crippen LogP contribution in [0.3, 0.4) is 0 Å². The van der Waals surface area contributed by atoms with Gasteiger partial charge in [-0.15, -0.1) is 0 Å². The molecule has 150 valence electrons. The van der Waals surface area contributed by atoms with Crippen LogP contribution < -0.4 is 10.6 Å². The fraction of sp³-hybridized carbons (Fsp3) is 0.0909. The zero-order valence-corrected chi connectivity index (χ0v) is 16.1. The van der Waals surface area contributed by atoms with Crippen LogP contribution in [0.5, 0.6) is 0 Å². The molecule has 1 amide bonds. The number of aromatic nitrogens is 3. The van der Waals surface area contributed by atoms with Gasteiger partial charge >= 0.3 is 0 Å². The minimum Gasteiger partial charge on any atom is -0.365 e. The molecule has 0 fully saturated rings. The Balaban J connectivity index is 1.46. The largest absolute Gasteiger partial charge is 0.365 e. The predicted octanol–water partition coefficient (Wildman–Crippen LogP) is 4.44. The Morgan fingerprint density at radius 1 is 1.10 bits per heavy atom. The van der Waals surface area contributed by atoms with Crippen molar-refractivity contribution >= 4 is 17.4 Å². The van der Waals surface area contributed by atoms with E-state index < -0.39 is 5.82 Å². The molecule has 0 spiro atoms. The second kappa shape index (κ2) is 8.52. The molecule has 0 bridgehead atoms. The number of rotatable bonds is 6. The molecule has 2 heterocycles. The Morgan fingerprint density at radius 2 is 1.97 bits per heavy atom. The van der Waals surface area contributed by atoms with Gasteiger partial charge in [0, 0.05) is 24.0 Å². The summed E-state index contributed by atoms with van der Waals surface area (Å²) >= 11 is 0. The number of halogens is 1. The van der Waals surface area contributed by atoms with Crippen molar-refractivity contribution in [3.05, 3.63) is 89.6 Å². The lowest BCUT2D eigenvalue weighted by Crippen LogP contribution is -2.12. The minimum absolute atomic E-state index is 0.256. The second-order valence-electron chi connectivity index (χ2n) is 6.56. The topological polar surface area (TPSA) is 92.9 Å². The van der Waals surface area contributed by atoms with Gasteiger partial charge in [0.05, 0.1) is 5.56 Å². The molecule has 2 aromatic heterocycles. The standard InChI is InChI=1S/C22H18FN5O2/c1-14-26-22(30-28-14)19-9-4-10-24-20(19)25-13-15-5-2-8-18(11-15)27-21(29)16-6-3-7-17(23)12-16/h2-12H,13H2,1H3,(H,24,25)(H,27,29). The highest BCUT2D eigenvalue weighted by Gasteiger charge is 2.12. The van der Waals surface area contributed by atoms with Crippen LogP contribution in [-0.4, -0.2) is 21.0 Å². The fourth-order valence-electron chi connectivity index (χ4n) is 2.90. The molecule has 0 aliphatic heterocycles. The second-order valence-corrected chi connectivity index (χ2v) is 6.56. The van der Waals surface area contributed by atoms with Crippen molar-refractivity contribution in [2.24, 2.45) is 0 Å². The number of hydrogen-bond donors (Lipinski definition) is 2. The van der Waals surface area contributed by atoms with E-state index in [9.17, 15) is 9.18 Å². The van der Waals surface area contributed by atoms with Gasteiger partial charge in [-0.3, -0.25) is 4.79 Å². The van der Waals surface area contributed by atoms with Crippen molar-refractivity contribution in [3.8, 4) is 11.5 Å². The summed E-state index contributed by atoms with van der Waals surface area (Å²) in [6.45, 7) is 2.21. The fourth-order valence-corrected chi connectivity index (χ4v) is 2.90. The van der Waals surface area contributed by atoms with Crippen LogP contribution in [0.2, 0.25) is 0 Å². The van der Waals surface area contributed by atoms with Gasteiger partial charge in [-0.2, -0.15) is 4.98 Å². The number of nitrogens with zero attached hydrogens (tertiary/aromatic N) is 3. The third-order valence-electron chi connectivity index (χ3n) is 4.30. The Kier molecular flexibility index (Phi) is 5.47. The van der Waals surface area contributed by atoms with Crippen molar-refractivity contribution in [2.75, 3.05) is 10.6 Å². The van der Waals surface area contributed by atoms with Crippen LogP contribution >= 0.6 is 0 Å². The quantitative estimate of drug-likeness (QED) is 0.494. The number of amides is 1. The number of anilines is 2. The van der Waals surface area contributed by atoms with Crippen LogP contribution in [-0.2, 0) is 6.54 Å². The first kappa shape index (κ1) is 19.3. The van der Waals surface area contributed by atoms with Crippen LogP contribution in [0, 0.1) is 12.7 Å². The molecule has 4 aromatic rings. The molecular formula is C22H18FN5O2. The maximum atomic E-state index is 13.3. The van der Waals surface area contributed by atoms with Gasteiger partial charge < -0.3 is 15.2 Å². The van der Waals surface area contributed by atoms with E-state index in [1.807, 2.05) is 24.3 Å². The van der Waals surface area contributed by atoms with Gasteiger partial charge in [-0.1, -0.05) is 23.4 Å². The summed E-state index contributed by atoms with van der Waals surface area (Å²) in [5.74, 6) is 0.706. The van der Waals surface area contributed by atoms with E-state index in [-0.39, 0.29) is 11.5 Å². The number of nitrogens with one attached hydrogen (secondary N) is 2. The SMILES string of the molecule is Cc1noc(-c2cccnc2NCc2cccc(NC(=O)c3cccc(F)c3)c2)n1. The smallest absolute Gasteiger partial charge is 0.261 e. The molecule has 0 aliphatic carbocycles. The van der Waals surface area contributed by atoms with Gasteiger partial charge in [-0.05, 0) is 55.0 Å². The molecule has 0 radical (unpaired) electrons. The molecule has 4 rings (SSSR count). The third-order valence-corrected chi connectivity index (χ3v) is 4.30. The van der Waals surface area contributed by atoms with E-state index in [1.165, 1.54) is 18.2 Å². The Bertz CT molecular complexity index is 1190. The number of pyridine rings is 1. The average molecular weight is 403 g/mol. The maximum absolute atomic E-state index is 13.3. The lowest BCUT2D eigenvalue weighted by molar-refractivity contribution is 0.102. The van der Waals surface area contributed by atoms with Crippen LogP contribution in [0.25, 0.3) is 11.5 Å². The highest BCUT2D eigenvalue weighted by Crippen LogP contribution is 2.25. The van der Waals surface area contributed by atoms with E-state index >= 15 is 0 Å². The summed E-state index contributed by atoms with van der Waals surface area (Å²) in [7, 11) is 0. The molecular weight excluding hydrogens is 385 g/mol. The highest BCUT2D eigenvalue weighted by molar-refractivity contribution is 6.04. The molecule has 30 heavy (non-hydrogen) atoms. The minimum atomic E-state index is -0.455. The van der Waals surface area contributed by atoms with Crippen LogP contribution in [0.15, 0.2) is 71.4 Å². The summed E-state index contributed by atoms with van der Waals surface area (Å²) in [5, 5.41) is 9.85. The Hall–Kier alpha value is -4.07. The predicted molar refractivity (Wildman–Crippen MR) is 110 cm³/mol. The van der Waals surface area contributed by atoms with Crippen molar-refractivity contribution in [3.63, 3.8) is 0 Å². The molecule has 0 saturated heterocycles. The molecule has 8 heteroatoms. The van der Waals surface area contributed by atoms with Gasteiger partial charge in [0.15, 0.2) is 5.82 Å². The first-order valence-corrected chi connectivity index (χ1v) is 9.24. The van der Waals surface area contributed by atoms with Crippen molar-refractivity contribution in [1.82, 2.24) is 15.1 Å². The van der Waals surface area contributed by atoms with Crippen molar-refractivity contribution < 1.29 is 13.7 Å². The first-order chi connectivity index (χ1) is 14.6. The zero-order valence-electron chi connectivity index (χ0n) is 16.1. The summed E-state index contributed by atoms with van der Waals surface area (Å²) in [5.41, 5.74) is 2.49. The van der Waals surface area contributed by atoms with E-state index in [4.69, 9.17) is 4.52 Å². The average Bonchev–Trinajstić information content (AvgIpc) is 3.19.